The molecule has 0 bridgehead atoms. The molecule has 3 heterocycles. The van der Waals surface area contributed by atoms with Gasteiger partial charge in [0, 0.05) is 38.4 Å². The lowest BCUT2D eigenvalue weighted by Gasteiger charge is -2.32. The van der Waals surface area contributed by atoms with E-state index in [-0.39, 0.29) is 18.4 Å². The molecule has 0 aliphatic carbocycles. The van der Waals surface area contributed by atoms with Gasteiger partial charge in [-0.25, -0.2) is 0 Å². The molecule has 122 valence electrons. The fourth-order valence-corrected chi connectivity index (χ4v) is 3.13. The van der Waals surface area contributed by atoms with Crippen molar-refractivity contribution >= 4 is 17.5 Å². The zero-order valence-corrected chi connectivity index (χ0v) is 13.6. The maximum absolute atomic E-state index is 12.6. The number of aromatic nitrogens is 4. The van der Waals surface area contributed by atoms with Crippen LogP contribution in [0.3, 0.4) is 0 Å². The molecule has 8 heteroatoms. The summed E-state index contributed by atoms with van der Waals surface area (Å²) in [6.07, 6.45) is 4.87. The monoisotopic (exact) mass is 335 g/mol. The molecule has 2 aromatic heterocycles. The number of piperidine rings is 1. The normalized spacial score (nSPS) is 18.2. The number of aliphatic hydroxyl groups excluding tert-OH is 1. The number of amides is 1. The number of carbonyl (C=O) groups excluding carboxylic acids is 1. The molecule has 1 unspecified atom stereocenters. The summed E-state index contributed by atoms with van der Waals surface area (Å²) in [6, 6.07) is 1.63. The Labute approximate surface area is 138 Å². The third kappa shape index (κ3) is 3.20. The molecule has 1 atom stereocenters. The maximum atomic E-state index is 12.6. The molecule has 1 aliphatic heterocycles. The van der Waals surface area contributed by atoms with E-state index < -0.39 is 0 Å². The highest BCUT2D eigenvalue weighted by atomic mass is 35.5. The number of hydrogen-bond acceptors (Lipinski definition) is 5. The summed E-state index contributed by atoms with van der Waals surface area (Å²) in [5, 5.41) is 17.8. The number of halogens is 1. The SMILES string of the molecule is Cn1c(CO)nnc1C1CCCN(C(=O)c2cncc(Cl)c2)C1. The first-order chi connectivity index (χ1) is 11.1. The maximum Gasteiger partial charge on any atom is 0.255 e. The van der Waals surface area contributed by atoms with Crippen LogP contribution >= 0.6 is 11.6 Å². The lowest BCUT2D eigenvalue weighted by Crippen LogP contribution is -2.39. The fourth-order valence-electron chi connectivity index (χ4n) is 2.95. The van der Waals surface area contributed by atoms with Crippen molar-refractivity contribution in [3.05, 3.63) is 40.7 Å². The van der Waals surface area contributed by atoms with Crippen LogP contribution in [-0.4, -0.2) is 48.8 Å². The number of carbonyl (C=O) groups is 1. The Bertz CT molecular complexity index is 718. The molecule has 1 aliphatic rings. The van der Waals surface area contributed by atoms with Crippen LogP contribution in [0.4, 0.5) is 0 Å². The summed E-state index contributed by atoms with van der Waals surface area (Å²) in [4.78, 5) is 18.4. The van der Waals surface area contributed by atoms with E-state index in [2.05, 4.69) is 15.2 Å². The molecular weight excluding hydrogens is 318 g/mol. The van der Waals surface area contributed by atoms with Crippen LogP contribution in [0.15, 0.2) is 18.5 Å². The number of pyridine rings is 1. The number of rotatable bonds is 3. The smallest absolute Gasteiger partial charge is 0.255 e. The van der Waals surface area contributed by atoms with Crippen LogP contribution in [0.2, 0.25) is 5.02 Å². The molecule has 0 radical (unpaired) electrons. The van der Waals surface area contributed by atoms with Gasteiger partial charge in [-0.3, -0.25) is 9.78 Å². The molecule has 1 fully saturated rings. The van der Waals surface area contributed by atoms with Crippen LogP contribution in [0.5, 0.6) is 0 Å². The minimum Gasteiger partial charge on any atom is -0.388 e. The standard InChI is InChI=1S/C15H18ClN5O2/c1-20-13(9-22)18-19-14(20)10-3-2-4-21(8-10)15(23)11-5-12(16)7-17-6-11/h5-7,10,22H,2-4,8-9H2,1H3. The van der Waals surface area contributed by atoms with Gasteiger partial charge in [0.1, 0.15) is 12.4 Å². The molecule has 3 rings (SSSR count). The average Bonchev–Trinajstić information content (AvgIpc) is 2.95. The number of hydrogen-bond donors (Lipinski definition) is 1. The first-order valence-corrected chi connectivity index (χ1v) is 7.86. The Morgan fingerprint density at radius 1 is 1.43 bits per heavy atom. The molecule has 0 aromatic carbocycles. The van der Waals surface area contributed by atoms with E-state index in [1.165, 1.54) is 12.4 Å². The van der Waals surface area contributed by atoms with Gasteiger partial charge in [0.25, 0.3) is 5.91 Å². The molecule has 23 heavy (non-hydrogen) atoms. The molecule has 2 aromatic rings. The lowest BCUT2D eigenvalue weighted by molar-refractivity contribution is 0.0703. The Hall–Kier alpha value is -1.99. The van der Waals surface area contributed by atoms with Crippen molar-refractivity contribution in [1.82, 2.24) is 24.6 Å². The van der Waals surface area contributed by atoms with Crippen molar-refractivity contribution < 1.29 is 9.90 Å². The fraction of sp³-hybridized carbons (Fsp3) is 0.467. The van der Waals surface area contributed by atoms with Gasteiger partial charge in [0.2, 0.25) is 0 Å². The van der Waals surface area contributed by atoms with Gasteiger partial charge < -0.3 is 14.6 Å². The minimum absolute atomic E-state index is 0.0748. The highest BCUT2D eigenvalue weighted by Crippen LogP contribution is 2.27. The van der Waals surface area contributed by atoms with E-state index in [9.17, 15) is 9.90 Å². The molecule has 1 saturated heterocycles. The van der Waals surface area contributed by atoms with E-state index in [4.69, 9.17) is 11.6 Å². The third-order valence-corrected chi connectivity index (χ3v) is 4.37. The molecule has 1 N–H and O–H groups in total. The van der Waals surface area contributed by atoms with E-state index in [1.807, 2.05) is 7.05 Å². The summed E-state index contributed by atoms with van der Waals surface area (Å²) < 4.78 is 1.81. The van der Waals surface area contributed by atoms with Crippen LogP contribution < -0.4 is 0 Å². The molecule has 0 saturated carbocycles. The van der Waals surface area contributed by atoms with E-state index in [1.54, 1.807) is 15.5 Å². The molecule has 1 amide bonds. The molecular formula is C15H18ClN5O2. The third-order valence-electron chi connectivity index (χ3n) is 4.17. The zero-order chi connectivity index (χ0) is 16.4. The van der Waals surface area contributed by atoms with Gasteiger partial charge in [0.05, 0.1) is 10.6 Å². The van der Waals surface area contributed by atoms with Gasteiger partial charge in [-0.1, -0.05) is 11.6 Å². The Morgan fingerprint density at radius 2 is 2.26 bits per heavy atom. The van der Waals surface area contributed by atoms with Crippen molar-refractivity contribution in [1.29, 1.82) is 0 Å². The van der Waals surface area contributed by atoms with Crippen LogP contribution in [0, 0.1) is 0 Å². The van der Waals surface area contributed by atoms with Crippen molar-refractivity contribution in [3.63, 3.8) is 0 Å². The molecule has 7 nitrogen and oxygen atoms in total. The lowest BCUT2D eigenvalue weighted by atomic mass is 9.96. The largest absolute Gasteiger partial charge is 0.388 e. The van der Waals surface area contributed by atoms with E-state index in [0.717, 1.165) is 18.7 Å². The van der Waals surface area contributed by atoms with E-state index >= 15 is 0 Å². The summed E-state index contributed by atoms with van der Waals surface area (Å²) in [6.45, 7) is 1.13. The second-order valence-corrected chi connectivity index (χ2v) is 6.11. The van der Waals surface area contributed by atoms with Gasteiger partial charge in [0.15, 0.2) is 5.82 Å². The highest BCUT2D eigenvalue weighted by molar-refractivity contribution is 6.30. The summed E-state index contributed by atoms with van der Waals surface area (Å²) in [7, 11) is 1.84. The van der Waals surface area contributed by atoms with Crippen LogP contribution in [0.1, 0.15) is 40.8 Å². The second kappa shape index (κ2) is 6.64. The highest BCUT2D eigenvalue weighted by Gasteiger charge is 2.29. The van der Waals surface area contributed by atoms with Crippen molar-refractivity contribution in [2.24, 2.45) is 7.05 Å². The predicted molar refractivity (Wildman–Crippen MR) is 84.1 cm³/mol. The predicted octanol–water partition coefficient (Wildman–Crippen LogP) is 1.38. The van der Waals surface area contributed by atoms with Gasteiger partial charge in [-0.05, 0) is 18.9 Å². The van der Waals surface area contributed by atoms with Gasteiger partial charge in [-0.15, -0.1) is 10.2 Å². The van der Waals surface area contributed by atoms with Gasteiger partial charge in [-0.2, -0.15) is 0 Å². The minimum atomic E-state index is -0.146. The van der Waals surface area contributed by atoms with Gasteiger partial charge >= 0.3 is 0 Å². The van der Waals surface area contributed by atoms with Crippen molar-refractivity contribution in [2.75, 3.05) is 13.1 Å². The summed E-state index contributed by atoms with van der Waals surface area (Å²) in [5.41, 5.74) is 0.493. The van der Waals surface area contributed by atoms with Crippen molar-refractivity contribution in [3.8, 4) is 0 Å². The number of aliphatic hydroxyl groups is 1. The quantitative estimate of drug-likeness (QED) is 0.916. The van der Waals surface area contributed by atoms with Crippen molar-refractivity contribution in [2.45, 2.75) is 25.4 Å². The topological polar surface area (TPSA) is 84.1 Å². The Morgan fingerprint density at radius 3 is 2.96 bits per heavy atom. The van der Waals surface area contributed by atoms with Crippen LogP contribution in [0.25, 0.3) is 0 Å². The Balaban J connectivity index is 1.78. The first kappa shape index (κ1) is 15.9. The number of nitrogens with zero attached hydrogens (tertiary/aromatic N) is 5. The number of likely N-dealkylation sites (tertiary alicyclic amines) is 1. The summed E-state index contributed by atoms with van der Waals surface area (Å²) in [5.74, 6) is 1.37. The summed E-state index contributed by atoms with van der Waals surface area (Å²) >= 11 is 5.91. The van der Waals surface area contributed by atoms with E-state index in [0.29, 0.717) is 29.5 Å². The van der Waals surface area contributed by atoms with Crippen LogP contribution in [-0.2, 0) is 13.7 Å². The first-order valence-electron chi connectivity index (χ1n) is 7.49. The average molecular weight is 336 g/mol. The second-order valence-electron chi connectivity index (χ2n) is 5.67. The Kier molecular flexibility index (Phi) is 4.58. The molecule has 0 spiro atoms. The zero-order valence-electron chi connectivity index (χ0n) is 12.8.